The summed E-state index contributed by atoms with van der Waals surface area (Å²) in [7, 11) is -4.00. The molecule has 1 aliphatic heterocycles. The van der Waals surface area contributed by atoms with E-state index in [1.807, 2.05) is 40.6 Å². The van der Waals surface area contributed by atoms with Crippen LogP contribution in [-0.4, -0.2) is 43.9 Å². The molecule has 1 saturated heterocycles. The molecule has 1 aromatic heterocycles. The summed E-state index contributed by atoms with van der Waals surface area (Å²) in [6, 6.07) is 13.9. The third-order valence-electron chi connectivity index (χ3n) is 5.08. The molecule has 0 atom stereocenters. The first kappa shape index (κ1) is 21.8. The quantitative estimate of drug-likeness (QED) is 0.563. The van der Waals surface area contributed by atoms with E-state index in [-0.39, 0.29) is 18.0 Å². The van der Waals surface area contributed by atoms with Crippen LogP contribution in [0.2, 0.25) is 0 Å². The monoisotopic (exact) mass is 467 g/mol. The van der Waals surface area contributed by atoms with Crippen molar-refractivity contribution in [2.24, 2.45) is 0 Å². The first-order valence-corrected chi connectivity index (χ1v) is 12.0. The summed E-state index contributed by atoms with van der Waals surface area (Å²) < 4.78 is 65.8. The number of sulfonamides is 1. The van der Waals surface area contributed by atoms with Crippen LogP contribution >= 0.6 is 11.3 Å². The van der Waals surface area contributed by atoms with Crippen LogP contribution in [0.4, 0.5) is 18.3 Å². The number of piperazine rings is 1. The number of hydrogen-bond donors (Lipinski definition) is 0. The molecular formula is C21H20F3N3O2S2. The molecule has 2 aromatic carbocycles. The highest BCUT2D eigenvalue weighted by Gasteiger charge is 2.34. The van der Waals surface area contributed by atoms with Crippen molar-refractivity contribution in [1.82, 2.24) is 9.29 Å². The number of hydrogen-bond acceptors (Lipinski definition) is 5. The lowest BCUT2D eigenvalue weighted by Gasteiger charge is -2.33. The molecule has 0 bridgehead atoms. The lowest BCUT2D eigenvalue weighted by Crippen LogP contribution is -2.48. The van der Waals surface area contributed by atoms with Gasteiger partial charge in [0.25, 0.3) is 0 Å². The molecule has 0 radical (unpaired) electrons. The number of anilines is 1. The number of thiazole rings is 1. The fraction of sp³-hybridized carbons (Fsp3) is 0.286. The minimum absolute atomic E-state index is 0.187. The molecule has 0 N–H and O–H groups in total. The summed E-state index contributed by atoms with van der Waals surface area (Å²) in [4.78, 5) is 6.34. The largest absolute Gasteiger partial charge is 0.416 e. The van der Waals surface area contributed by atoms with Gasteiger partial charge in [-0.25, -0.2) is 13.4 Å². The molecule has 0 amide bonds. The normalized spacial score (nSPS) is 15.9. The summed E-state index contributed by atoms with van der Waals surface area (Å²) in [6.45, 7) is 1.23. The Hall–Kier alpha value is -2.43. The highest BCUT2D eigenvalue weighted by molar-refractivity contribution is 7.89. The van der Waals surface area contributed by atoms with Gasteiger partial charge in [-0.1, -0.05) is 36.4 Å². The zero-order chi connectivity index (χ0) is 22.1. The Balaban J connectivity index is 1.42. The number of halogens is 3. The van der Waals surface area contributed by atoms with Gasteiger partial charge in [-0.3, -0.25) is 0 Å². The van der Waals surface area contributed by atoms with Gasteiger partial charge in [0.15, 0.2) is 5.13 Å². The second-order valence-corrected chi connectivity index (χ2v) is 9.98. The van der Waals surface area contributed by atoms with E-state index >= 15 is 0 Å². The van der Waals surface area contributed by atoms with E-state index in [2.05, 4.69) is 4.98 Å². The molecule has 0 saturated carbocycles. The fourth-order valence-corrected chi connectivity index (χ4v) is 5.78. The Kier molecular flexibility index (Phi) is 6.05. The molecule has 0 unspecified atom stereocenters. The summed E-state index contributed by atoms with van der Waals surface area (Å²) in [5, 5.41) is 2.82. The van der Waals surface area contributed by atoms with E-state index < -0.39 is 21.8 Å². The first-order chi connectivity index (χ1) is 14.7. The van der Waals surface area contributed by atoms with Crippen LogP contribution < -0.4 is 4.90 Å². The van der Waals surface area contributed by atoms with Crippen molar-refractivity contribution in [3.8, 4) is 0 Å². The number of aromatic nitrogens is 1. The second-order valence-electron chi connectivity index (χ2n) is 7.20. The van der Waals surface area contributed by atoms with Crippen LogP contribution in [0, 0.1) is 0 Å². The van der Waals surface area contributed by atoms with Crippen molar-refractivity contribution < 1.29 is 21.6 Å². The van der Waals surface area contributed by atoms with Gasteiger partial charge < -0.3 is 4.90 Å². The Morgan fingerprint density at radius 1 is 0.968 bits per heavy atom. The van der Waals surface area contributed by atoms with Gasteiger partial charge in [0.1, 0.15) is 0 Å². The molecule has 3 aromatic rings. The van der Waals surface area contributed by atoms with Crippen LogP contribution in [0.5, 0.6) is 0 Å². The Morgan fingerprint density at radius 3 is 2.35 bits per heavy atom. The van der Waals surface area contributed by atoms with Crippen LogP contribution in [-0.2, 0) is 22.6 Å². The fourth-order valence-electron chi connectivity index (χ4n) is 3.43. The zero-order valence-corrected chi connectivity index (χ0v) is 18.1. The smallest absolute Gasteiger partial charge is 0.345 e. The predicted molar refractivity (Wildman–Crippen MR) is 114 cm³/mol. The minimum atomic E-state index is -4.59. The summed E-state index contributed by atoms with van der Waals surface area (Å²) in [5.41, 5.74) is 1.14. The van der Waals surface area contributed by atoms with Gasteiger partial charge >= 0.3 is 6.18 Å². The minimum Gasteiger partial charge on any atom is -0.345 e. The summed E-state index contributed by atoms with van der Waals surface area (Å²) in [6.07, 6.45) is -3.87. The average molecular weight is 468 g/mol. The number of rotatable bonds is 5. The zero-order valence-electron chi connectivity index (χ0n) is 16.4. The average Bonchev–Trinajstić information content (AvgIpc) is 3.22. The van der Waals surface area contributed by atoms with Crippen molar-refractivity contribution in [3.63, 3.8) is 0 Å². The van der Waals surface area contributed by atoms with E-state index in [0.29, 0.717) is 19.2 Å². The summed E-state index contributed by atoms with van der Waals surface area (Å²) >= 11 is 1.51. The lowest BCUT2D eigenvalue weighted by molar-refractivity contribution is -0.137. The van der Waals surface area contributed by atoms with Gasteiger partial charge in [0.05, 0.1) is 16.2 Å². The van der Waals surface area contributed by atoms with E-state index in [0.717, 1.165) is 34.9 Å². The third kappa shape index (κ3) is 4.91. The maximum absolute atomic E-state index is 13.0. The first-order valence-electron chi connectivity index (χ1n) is 9.64. The molecular weight excluding hydrogens is 447 g/mol. The van der Waals surface area contributed by atoms with Crippen LogP contribution in [0.3, 0.4) is 0 Å². The van der Waals surface area contributed by atoms with E-state index in [9.17, 15) is 21.6 Å². The van der Waals surface area contributed by atoms with Crippen LogP contribution in [0.25, 0.3) is 0 Å². The molecule has 4 rings (SSSR count). The van der Waals surface area contributed by atoms with Crippen molar-refractivity contribution in [2.45, 2.75) is 17.5 Å². The number of nitrogens with zero attached hydrogens (tertiary/aromatic N) is 3. The van der Waals surface area contributed by atoms with E-state index in [1.54, 1.807) is 0 Å². The standard InChI is InChI=1S/C21H20F3N3O2S2/c22-21(23,24)17-7-4-8-19(14-17)31(28,29)27-11-9-26(10-12-27)20-25-18(15-30-20)13-16-5-2-1-3-6-16/h1-8,14-15H,9-13H2. The van der Waals surface area contributed by atoms with E-state index in [4.69, 9.17) is 0 Å². The van der Waals surface area contributed by atoms with Crippen molar-refractivity contribution in [3.05, 3.63) is 76.8 Å². The van der Waals surface area contributed by atoms with Crippen LogP contribution in [0.1, 0.15) is 16.8 Å². The van der Waals surface area contributed by atoms with Gasteiger partial charge in [0, 0.05) is 38.0 Å². The molecule has 0 spiro atoms. The molecule has 10 heteroatoms. The highest BCUT2D eigenvalue weighted by atomic mass is 32.2. The van der Waals surface area contributed by atoms with Crippen molar-refractivity contribution >= 4 is 26.5 Å². The third-order valence-corrected chi connectivity index (χ3v) is 7.92. The molecule has 0 aliphatic carbocycles. The van der Waals surface area contributed by atoms with Gasteiger partial charge in [0.2, 0.25) is 10.0 Å². The van der Waals surface area contributed by atoms with Gasteiger partial charge in [-0.15, -0.1) is 11.3 Å². The van der Waals surface area contributed by atoms with Crippen molar-refractivity contribution in [1.29, 1.82) is 0 Å². The maximum Gasteiger partial charge on any atom is 0.416 e. The maximum atomic E-state index is 13.0. The van der Waals surface area contributed by atoms with Crippen LogP contribution in [0.15, 0.2) is 64.9 Å². The predicted octanol–water partition coefficient (Wildman–Crippen LogP) is 4.26. The van der Waals surface area contributed by atoms with Crippen molar-refractivity contribution in [2.75, 3.05) is 31.1 Å². The molecule has 5 nitrogen and oxygen atoms in total. The summed E-state index contributed by atoms with van der Waals surface area (Å²) in [5.74, 6) is 0. The highest BCUT2D eigenvalue weighted by Crippen LogP contribution is 2.31. The Morgan fingerprint density at radius 2 is 1.68 bits per heavy atom. The number of alkyl halides is 3. The topological polar surface area (TPSA) is 53.5 Å². The Labute approximate surface area is 182 Å². The van der Waals surface area contributed by atoms with Gasteiger partial charge in [-0.2, -0.15) is 17.5 Å². The SMILES string of the molecule is O=S(=O)(c1cccc(C(F)(F)F)c1)N1CCN(c2nc(Cc3ccccc3)cs2)CC1. The lowest BCUT2D eigenvalue weighted by atomic mass is 10.1. The molecule has 2 heterocycles. The molecule has 31 heavy (non-hydrogen) atoms. The Bertz CT molecular complexity index is 1140. The van der Waals surface area contributed by atoms with E-state index in [1.165, 1.54) is 21.7 Å². The number of benzene rings is 2. The second kappa shape index (κ2) is 8.60. The molecule has 164 valence electrons. The van der Waals surface area contributed by atoms with Gasteiger partial charge in [-0.05, 0) is 23.8 Å². The molecule has 1 aliphatic rings. The molecule has 1 fully saturated rings.